The number of thioether (sulfide) groups is 1. The lowest BCUT2D eigenvalue weighted by Crippen LogP contribution is -2.28. The van der Waals surface area contributed by atoms with Crippen molar-refractivity contribution in [3.63, 3.8) is 0 Å². The fourth-order valence-corrected chi connectivity index (χ4v) is 3.73. The standard InChI is InChI=1S/C21H21ClN4OS/c1-3-13-26-19(15(2)23-20(27)17-7-5-4-6-8-17)24-25-21(26)28-14-16-9-11-18(22)12-10-16/h3-12,15H,1,13-14H2,2H3,(H,23,27)/t15-/m1/s1. The summed E-state index contributed by atoms with van der Waals surface area (Å²) in [4.78, 5) is 12.4. The van der Waals surface area contributed by atoms with E-state index in [9.17, 15) is 4.79 Å². The maximum atomic E-state index is 12.4. The summed E-state index contributed by atoms with van der Waals surface area (Å²) in [5.41, 5.74) is 1.76. The summed E-state index contributed by atoms with van der Waals surface area (Å²) in [7, 11) is 0. The second-order valence-electron chi connectivity index (χ2n) is 6.22. The molecule has 0 fully saturated rings. The number of hydrogen-bond acceptors (Lipinski definition) is 4. The van der Waals surface area contributed by atoms with Crippen LogP contribution in [0, 0.1) is 0 Å². The summed E-state index contributed by atoms with van der Waals surface area (Å²) in [5, 5.41) is 13.1. The molecule has 1 heterocycles. The van der Waals surface area contributed by atoms with Crippen LogP contribution in [0.5, 0.6) is 0 Å². The van der Waals surface area contributed by atoms with Crippen LogP contribution in [0.2, 0.25) is 5.02 Å². The molecule has 2 aromatic carbocycles. The Hall–Kier alpha value is -2.57. The molecule has 1 atom stereocenters. The maximum absolute atomic E-state index is 12.4. The first kappa shape index (κ1) is 20.2. The van der Waals surface area contributed by atoms with Crippen LogP contribution >= 0.6 is 23.4 Å². The molecule has 0 aliphatic heterocycles. The Morgan fingerprint density at radius 3 is 2.61 bits per heavy atom. The molecule has 3 aromatic rings. The molecule has 0 aliphatic carbocycles. The maximum Gasteiger partial charge on any atom is 0.251 e. The van der Waals surface area contributed by atoms with Crippen molar-refractivity contribution < 1.29 is 4.79 Å². The van der Waals surface area contributed by atoms with Crippen molar-refractivity contribution >= 4 is 29.3 Å². The minimum absolute atomic E-state index is 0.142. The molecular formula is C21H21ClN4OS. The first-order valence-electron chi connectivity index (χ1n) is 8.85. The van der Waals surface area contributed by atoms with Gasteiger partial charge in [-0.15, -0.1) is 16.8 Å². The molecule has 28 heavy (non-hydrogen) atoms. The van der Waals surface area contributed by atoms with Gasteiger partial charge in [-0.2, -0.15) is 0 Å². The van der Waals surface area contributed by atoms with E-state index in [1.54, 1.807) is 30.0 Å². The third kappa shape index (κ3) is 5.03. The number of halogens is 1. The van der Waals surface area contributed by atoms with Crippen LogP contribution < -0.4 is 5.32 Å². The number of amides is 1. The third-order valence-electron chi connectivity index (χ3n) is 4.11. The Balaban J connectivity index is 1.72. The van der Waals surface area contributed by atoms with Crippen LogP contribution in [0.1, 0.15) is 34.7 Å². The smallest absolute Gasteiger partial charge is 0.251 e. The zero-order valence-electron chi connectivity index (χ0n) is 15.5. The topological polar surface area (TPSA) is 59.8 Å². The van der Waals surface area contributed by atoms with Gasteiger partial charge in [0, 0.05) is 22.9 Å². The van der Waals surface area contributed by atoms with Crippen LogP contribution in [0.25, 0.3) is 0 Å². The molecule has 1 N–H and O–H groups in total. The molecule has 144 valence electrons. The Morgan fingerprint density at radius 2 is 1.93 bits per heavy atom. The molecule has 0 radical (unpaired) electrons. The average molecular weight is 413 g/mol. The number of rotatable bonds is 8. The summed E-state index contributed by atoms with van der Waals surface area (Å²) >= 11 is 7.53. The van der Waals surface area contributed by atoms with Crippen LogP contribution in [0.15, 0.2) is 72.4 Å². The van der Waals surface area contributed by atoms with Crippen molar-refractivity contribution in [3.8, 4) is 0 Å². The predicted molar refractivity (Wildman–Crippen MR) is 114 cm³/mol. The normalized spacial score (nSPS) is 11.8. The highest BCUT2D eigenvalue weighted by molar-refractivity contribution is 7.98. The molecule has 0 spiro atoms. The summed E-state index contributed by atoms with van der Waals surface area (Å²) < 4.78 is 1.98. The van der Waals surface area contributed by atoms with Crippen molar-refractivity contribution in [2.24, 2.45) is 0 Å². The number of nitrogens with zero attached hydrogens (tertiary/aromatic N) is 3. The van der Waals surface area contributed by atoms with Crippen LogP contribution in [0.3, 0.4) is 0 Å². The third-order valence-corrected chi connectivity index (χ3v) is 5.40. The summed E-state index contributed by atoms with van der Waals surface area (Å²) in [6, 6.07) is 16.6. The molecule has 3 rings (SSSR count). The minimum atomic E-state index is -0.287. The van der Waals surface area contributed by atoms with E-state index in [0.717, 1.165) is 16.5 Å². The van der Waals surface area contributed by atoms with Crippen molar-refractivity contribution in [3.05, 3.63) is 89.2 Å². The zero-order valence-corrected chi connectivity index (χ0v) is 17.1. The second kappa shape index (κ2) is 9.57. The van der Waals surface area contributed by atoms with Gasteiger partial charge >= 0.3 is 0 Å². The van der Waals surface area contributed by atoms with E-state index in [-0.39, 0.29) is 11.9 Å². The van der Waals surface area contributed by atoms with Crippen molar-refractivity contribution in [1.82, 2.24) is 20.1 Å². The molecule has 1 aromatic heterocycles. The monoisotopic (exact) mass is 412 g/mol. The van der Waals surface area contributed by atoms with Crippen LogP contribution in [-0.4, -0.2) is 20.7 Å². The molecule has 5 nitrogen and oxygen atoms in total. The fourth-order valence-electron chi connectivity index (χ4n) is 2.69. The Bertz CT molecular complexity index is 941. The van der Waals surface area contributed by atoms with Crippen LogP contribution in [0.4, 0.5) is 0 Å². The largest absolute Gasteiger partial charge is 0.342 e. The van der Waals surface area contributed by atoms with Gasteiger partial charge in [-0.25, -0.2) is 0 Å². The van der Waals surface area contributed by atoms with E-state index < -0.39 is 0 Å². The molecular weight excluding hydrogens is 392 g/mol. The quantitative estimate of drug-likeness (QED) is 0.422. The molecule has 1 amide bonds. The Labute approximate surface area is 173 Å². The molecule has 7 heteroatoms. The van der Waals surface area contributed by atoms with Gasteiger partial charge < -0.3 is 9.88 Å². The minimum Gasteiger partial charge on any atom is -0.342 e. The highest BCUT2D eigenvalue weighted by atomic mass is 35.5. The van der Waals surface area contributed by atoms with E-state index in [4.69, 9.17) is 11.6 Å². The Morgan fingerprint density at radius 1 is 1.21 bits per heavy atom. The second-order valence-corrected chi connectivity index (χ2v) is 7.60. The highest BCUT2D eigenvalue weighted by Gasteiger charge is 2.19. The lowest BCUT2D eigenvalue weighted by Gasteiger charge is -2.15. The number of carbonyl (C=O) groups excluding carboxylic acids is 1. The molecule has 0 aliphatic rings. The summed E-state index contributed by atoms with van der Waals surface area (Å²) in [5.74, 6) is 1.30. The predicted octanol–water partition coefficient (Wildman–Crippen LogP) is 4.90. The van der Waals surface area contributed by atoms with Crippen molar-refractivity contribution in [2.75, 3.05) is 0 Å². The van der Waals surface area contributed by atoms with Crippen molar-refractivity contribution in [1.29, 1.82) is 0 Å². The van der Waals surface area contributed by atoms with Gasteiger partial charge in [0.2, 0.25) is 0 Å². The summed E-state index contributed by atoms with van der Waals surface area (Å²) in [6.07, 6.45) is 1.80. The van der Waals surface area contributed by atoms with Crippen LogP contribution in [-0.2, 0) is 12.3 Å². The fraction of sp³-hybridized carbons (Fsp3) is 0.190. The van der Waals surface area contributed by atoms with Gasteiger partial charge in [-0.1, -0.05) is 59.8 Å². The number of hydrogen-bond donors (Lipinski definition) is 1. The number of aromatic nitrogens is 3. The lowest BCUT2D eigenvalue weighted by atomic mass is 10.2. The first-order chi connectivity index (χ1) is 13.6. The van der Waals surface area contributed by atoms with E-state index >= 15 is 0 Å². The molecule has 0 saturated heterocycles. The number of carbonyl (C=O) groups is 1. The number of nitrogens with one attached hydrogen (secondary N) is 1. The van der Waals surface area contributed by atoms with Gasteiger partial charge in [0.1, 0.15) is 0 Å². The lowest BCUT2D eigenvalue weighted by molar-refractivity contribution is 0.0937. The molecule has 0 saturated carbocycles. The SMILES string of the molecule is C=CCn1c(SCc2ccc(Cl)cc2)nnc1[C@@H](C)NC(=O)c1ccccc1. The average Bonchev–Trinajstić information content (AvgIpc) is 3.11. The van der Waals surface area contributed by atoms with Gasteiger partial charge in [-0.3, -0.25) is 4.79 Å². The van der Waals surface area contributed by atoms with E-state index in [0.29, 0.717) is 23.0 Å². The van der Waals surface area contributed by atoms with E-state index in [2.05, 4.69) is 22.1 Å². The van der Waals surface area contributed by atoms with Gasteiger partial charge in [-0.05, 0) is 36.8 Å². The van der Waals surface area contributed by atoms with Crippen molar-refractivity contribution in [2.45, 2.75) is 30.4 Å². The van der Waals surface area contributed by atoms with E-state index in [1.165, 1.54) is 0 Å². The zero-order chi connectivity index (χ0) is 19.9. The summed E-state index contributed by atoms with van der Waals surface area (Å²) in [6.45, 7) is 6.29. The Kier molecular flexibility index (Phi) is 6.90. The highest BCUT2D eigenvalue weighted by Crippen LogP contribution is 2.25. The van der Waals surface area contributed by atoms with E-state index in [1.807, 2.05) is 54.0 Å². The molecule has 0 unspecified atom stereocenters. The van der Waals surface area contributed by atoms with Gasteiger partial charge in [0.05, 0.1) is 6.04 Å². The molecule has 0 bridgehead atoms. The number of benzene rings is 2. The first-order valence-corrected chi connectivity index (χ1v) is 10.2. The number of allylic oxidation sites excluding steroid dienone is 1. The van der Waals surface area contributed by atoms with Gasteiger partial charge in [0.25, 0.3) is 5.91 Å². The van der Waals surface area contributed by atoms with Gasteiger partial charge in [0.15, 0.2) is 11.0 Å².